The molecular formula is C19H29IN4O2S. The predicted octanol–water partition coefficient (Wildman–Crippen LogP) is 3.29. The van der Waals surface area contributed by atoms with Crippen LogP contribution in [0.25, 0.3) is 0 Å². The van der Waals surface area contributed by atoms with E-state index < -0.39 is 0 Å². The van der Waals surface area contributed by atoms with Crippen molar-refractivity contribution in [3.8, 4) is 11.5 Å². The quantitative estimate of drug-likeness (QED) is 0.312. The van der Waals surface area contributed by atoms with Gasteiger partial charge in [0, 0.05) is 37.6 Å². The summed E-state index contributed by atoms with van der Waals surface area (Å²) in [5.41, 5.74) is 1.10. The van der Waals surface area contributed by atoms with Gasteiger partial charge < -0.3 is 20.1 Å². The van der Waals surface area contributed by atoms with Crippen LogP contribution >= 0.6 is 35.3 Å². The summed E-state index contributed by atoms with van der Waals surface area (Å²) in [6.45, 7) is 3.71. The molecule has 0 aliphatic rings. The largest absolute Gasteiger partial charge is 0.497 e. The second-order valence-electron chi connectivity index (χ2n) is 5.68. The average molecular weight is 504 g/mol. The van der Waals surface area contributed by atoms with Crippen LogP contribution in [0, 0.1) is 0 Å². The number of methoxy groups -OCH3 is 2. The lowest BCUT2D eigenvalue weighted by atomic mass is 10.1. The molecule has 150 valence electrons. The van der Waals surface area contributed by atoms with E-state index in [1.165, 1.54) is 4.88 Å². The van der Waals surface area contributed by atoms with Gasteiger partial charge in [-0.05, 0) is 36.6 Å². The van der Waals surface area contributed by atoms with Gasteiger partial charge in [-0.25, -0.2) is 4.98 Å². The van der Waals surface area contributed by atoms with Gasteiger partial charge >= 0.3 is 0 Å². The molecule has 2 rings (SSSR count). The van der Waals surface area contributed by atoms with Crippen LogP contribution in [0.4, 0.5) is 0 Å². The van der Waals surface area contributed by atoms with Crippen LogP contribution in [0.15, 0.2) is 29.4 Å². The van der Waals surface area contributed by atoms with Crippen molar-refractivity contribution in [2.45, 2.75) is 26.2 Å². The van der Waals surface area contributed by atoms with Gasteiger partial charge in [-0.3, -0.25) is 4.99 Å². The number of aliphatic imine (C=N–C) groups is 1. The van der Waals surface area contributed by atoms with Gasteiger partial charge in [0.2, 0.25) is 0 Å². The second kappa shape index (κ2) is 12.8. The predicted molar refractivity (Wildman–Crippen MR) is 123 cm³/mol. The molecule has 1 aromatic carbocycles. The van der Waals surface area contributed by atoms with Crippen LogP contribution < -0.4 is 20.1 Å². The first kappa shape index (κ1) is 23.5. The van der Waals surface area contributed by atoms with Crippen molar-refractivity contribution < 1.29 is 9.47 Å². The Kier molecular flexibility index (Phi) is 11.1. The molecule has 0 saturated heterocycles. The molecule has 0 unspecified atom stereocenters. The molecule has 0 radical (unpaired) electrons. The summed E-state index contributed by atoms with van der Waals surface area (Å²) in [6.07, 6.45) is 4.72. The van der Waals surface area contributed by atoms with Crippen LogP contribution in [0.1, 0.15) is 22.4 Å². The Morgan fingerprint density at radius 3 is 2.48 bits per heavy atom. The lowest BCUT2D eigenvalue weighted by Gasteiger charge is -2.13. The molecular weight excluding hydrogens is 475 g/mol. The molecule has 0 saturated carbocycles. The highest BCUT2D eigenvalue weighted by Crippen LogP contribution is 2.24. The van der Waals surface area contributed by atoms with Gasteiger partial charge in [-0.15, -0.1) is 35.3 Å². The SMILES string of the molecule is CCc1cnc(CCNC(=NC)NCCc2cc(OC)ccc2OC)s1.I. The summed E-state index contributed by atoms with van der Waals surface area (Å²) < 4.78 is 10.7. The summed E-state index contributed by atoms with van der Waals surface area (Å²) in [5.74, 6) is 2.49. The van der Waals surface area contributed by atoms with Crippen LogP contribution in [-0.4, -0.2) is 45.3 Å². The molecule has 0 spiro atoms. The van der Waals surface area contributed by atoms with E-state index in [4.69, 9.17) is 9.47 Å². The minimum absolute atomic E-state index is 0. The molecule has 1 heterocycles. The highest BCUT2D eigenvalue weighted by molar-refractivity contribution is 14.0. The van der Waals surface area contributed by atoms with Crippen molar-refractivity contribution in [1.82, 2.24) is 15.6 Å². The molecule has 0 aliphatic heterocycles. The third-order valence-electron chi connectivity index (χ3n) is 3.98. The van der Waals surface area contributed by atoms with Gasteiger partial charge in [0.15, 0.2) is 5.96 Å². The zero-order chi connectivity index (χ0) is 18.8. The number of aromatic nitrogens is 1. The highest BCUT2D eigenvalue weighted by atomic mass is 127. The van der Waals surface area contributed by atoms with Crippen molar-refractivity contribution in [3.05, 3.63) is 39.8 Å². The topological polar surface area (TPSA) is 67.8 Å². The number of thiazole rings is 1. The smallest absolute Gasteiger partial charge is 0.191 e. The zero-order valence-corrected chi connectivity index (χ0v) is 19.5. The first-order valence-corrected chi connectivity index (χ1v) is 9.60. The molecule has 0 fully saturated rings. The van der Waals surface area contributed by atoms with Gasteiger partial charge in [-0.2, -0.15) is 0 Å². The minimum Gasteiger partial charge on any atom is -0.497 e. The van der Waals surface area contributed by atoms with E-state index in [0.29, 0.717) is 0 Å². The van der Waals surface area contributed by atoms with Crippen molar-refractivity contribution in [2.24, 2.45) is 4.99 Å². The first-order valence-electron chi connectivity index (χ1n) is 8.79. The van der Waals surface area contributed by atoms with Crippen LogP contribution in [0.5, 0.6) is 11.5 Å². The number of hydrogen-bond donors (Lipinski definition) is 2. The number of nitrogens with zero attached hydrogens (tertiary/aromatic N) is 2. The Balaban J connectivity index is 0.00000364. The van der Waals surface area contributed by atoms with E-state index in [0.717, 1.165) is 60.4 Å². The summed E-state index contributed by atoms with van der Waals surface area (Å²) >= 11 is 1.78. The van der Waals surface area contributed by atoms with Crippen molar-refractivity contribution in [1.29, 1.82) is 0 Å². The molecule has 1 aromatic heterocycles. The molecule has 0 atom stereocenters. The highest BCUT2D eigenvalue weighted by Gasteiger charge is 2.06. The summed E-state index contributed by atoms with van der Waals surface area (Å²) in [6, 6.07) is 5.84. The van der Waals surface area contributed by atoms with Crippen LogP contribution in [0.2, 0.25) is 0 Å². The average Bonchev–Trinajstić information content (AvgIpc) is 3.14. The standard InChI is InChI=1S/C19H28N4O2S.HI/c1-5-16-13-23-18(26-16)9-11-22-19(20-2)21-10-8-14-12-15(24-3)6-7-17(14)25-4;/h6-7,12-13H,5,8-11H2,1-4H3,(H2,20,21,22);1H. The Morgan fingerprint density at radius 1 is 1.15 bits per heavy atom. The second-order valence-corrected chi connectivity index (χ2v) is 6.88. The zero-order valence-electron chi connectivity index (χ0n) is 16.4. The summed E-state index contributed by atoms with van der Waals surface area (Å²) in [7, 11) is 5.13. The third-order valence-corrected chi connectivity index (χ3v) is 5.18. The number of ether oxygens (including phenoxy) is 2. The molecule has 2 N–H and O–H groups in total. The monoisotopic (exact) mass is 504 g/mol. The lowest BCUT2D eigenvalue weighted by molar-refractivity contribution is 0.398. The number of nitrogens with one attached hydrogen (secondary N) is 2. The van der Waals surface area contributed by atoms with Crippen molar-refractivity contribution in [3.63, 3.8) is 0 Å². The molecule has 0 aliphatic carbocycles. The van der Waals surface area contributed by atoms with Gasteiger partial charge in [-0.1, -0.05) is 6.92 Å². The molecule has 27 heavy (non-hydrogen) atoms. The molecule has 6 nitrogen and oxygen atoms in total. The molecule has 0 bridgehead atoms. The van der Waals surface area contributed by atoms with Crippen LogP contribution in [-0.2, 0) is 19.3 Å². The van der Waals surface area contributed by atoms with Crippen molar-refractivity contribution >= 4 is 41.3 Å². The molecule has 8 heteroatoms. The summed E-state index contributed by atoms with van der Waals surface area (Å²) in [5, 5.41) is 7.83. The number of benzene rings is 1. The number of rotatable bonds is 9. The normalized spacial score (nSPS) is 10.9. The van der Waals surface area contributed by atoms with Gasteiger partial charge in [0.25, 0.3) is 0 Å². The third kappa shape index (κ3) is 7.53. The Morgan fingerprint density at radius 2 is 1.89 bits per heavy atom. The van der Waals surface area contributed by atoms with E-state index in [-0.39, 0.29) is 24.0 Å². The molecule has 0 amide bonds. The Hall–Kier alpha value is -1.55. The van der Waals surface area contributed by atoms with E-state index in [1.807, 2.05) is 24.4 Å². The fourth-order valence-corrected chi connectivity index (χ4v) is 3.39. The Labute approximate surface area is 182 Å². The maximum atomic E-state index is 5.42. The van der Waals surface area contributed by atoms with Gasteiger partial charge in [0.05, 0.1) is 19.2 Å². The maximum absolute atomic E-state index is 5.42. The summed E-state index contributed by atoms with van der Waals surface area (Å²) in [4.78, 5) is 10.0. The fourth-order valence-electron chi connectivity index (χ4n) is 2.53. The number of guanidine groups is 1. The maximum Gasteiger partial charge on any atom is 0.191 e. The van der Waals surface area contributed by atoms with Crippen LogP contribution in [0.3, 0.4) is 0 Å². The lowest BCUT2D eigenvalue weighted by Crippen LogP contribution is -2.39. The number of aryl methyl sites for hydroxylation is 1. The van der Waals surface area contributed by atoms with Gasteiger partial charge in [0.1, 0.15) is 11.5 Å². The minimum atomic E-state index is 0. The van der Waals surface area contributed by atoms with E-state index >= 15 is 0 Å². The number of halogens is 1. The van der Waals surface area contributed by atoms with E-state index in [9.17, 15) is 0 Å². The number of hydrogen-bond acceptors (Lipinski definition) is 5. The molecule has 2 aromatic rings. The van der Waals surface area contributed by atoms with E-state index in [1.54, 1.807) is 32.6 Å². The first-order chi connectivity index (χ1) is 12.7. The fraction of sp³-hybridized carbons (Fsp3) is 0.474. The van der Waals surface area contributed by atoms with E-state index in [2.05, 4.69) is 27.5 Å². The van der Waals surface area contributed by atoms with Crippen molar-refractivity contribution in [2.75, 3.05) is 34.4 Å². The Bertz CT molecular complexity index is 721.